The molecule has 2 rings (SSSR count). The number of rotatable bonds is 5. The van der Waals surface area contributed by atoms with Gasteiger partial charge in [-0.25, -0.2) is 9.97 Å². The van der Waals surface area contributed by atoms with Crippen molar-refractivity contribution in [2.75, 3.05) is 12.4 Å². The molecule has 0 amide bonds. The summed E-state index contributed by atoms with van der Waals surface area (Å²) in [6.45, 7) is 6.70. The monoisotopic (exact) mass is 287 g/mol. The highest BCUT2D eigenvalue weighted by molar-refractivity contribution is 7.99. The smallest absolute Gasteiger partial charge is 0.162 e. The van der Waals surface area contributed by atoms with Gasteiger partial charge in [0.1, 0.15) is 10.8 Å². The zero-order chi connectivity index (χ0) is 14.5. The molecule has 0 saturated heterocycles. The van der Waals surface area contributed by atoms with Gasteiger partial charge < -0.3 is 5.32 Å². The predicted molar refractivity (Wildman–Crippen MR) is 87.2 cm³/mol. The van der Waals surface area contributed by atoms with E-state index in [9.17, 15) is 0 Å². The molecule has 1 heterocycles. The topological polar surface area (TPSA) is 37.8 Å². The molecule has 0 saturated carbocycles. The molecule has 2 aromatic rings. The molecule has 4 heteroatoms. The van der Waals surface area contributed by atoms with Crippen LogP contribution in [0, 0.1) is 5.92 Å². The van der Waals surface area contributed by atoms with Gasteiger partial charge in [-0.1, -0.05) is 51.1 Å². The molecule has 1 atom stereocenters. The van der Waals surface area contributed by atoms with Gasteiger partial charge in [-0.2, -0.15) is 0 Å². The normalized spacial score (nSPS) is 12.4. The van der Waals surface area contributed by atoms with Crippen LogP contribution in [-0.2, 0) is 0 Å². The van der Waals surface area contributed by atoms with E-state index in [2.05, 4.69) is 36.1 Å². The maximum absolute atomic E-state index is 4.69. The van der Waals surface area contributed by atoms with Gasteiger partial charge in [-0.15, -0.1) is 11.8 Å². The number of anilines is 1. The molecule has 0 fully saturated rings. The molecule has 0 spiro atoms. The molecule has 1 unspecified atom stereocenters. The van der Waals surface area contributed by atoms with Crippen molar-refractivity contribution in [2.45, 2.75) is 31.0 Å². The van der Waals surface area contributed by atoms with Crippen molar-refractivity contribution in [1.29, 1.82) is 0 Å². The number of hydrogen-bond donors (Lipinski definition) is 1. The number of nitrogens with zero attached hydrogens (tertiary/aromatic N) is 2. The van der Waals surface area contributed by atoms with Crippen LogP contribution in [0.15, 0.2) is 41.4 Å². The van der Waals surface area contributed by atoms with E-state index in [1.54, 1.807) is 11.8 Å². The zero-order valence-electron chi connectivity index (χ0n) is 12.4. The second kappa shape index (κ2) is 6.75. The molecular formula is C16H21N3S. The highest BCUT2D eigenvalue weighted by Crippen LogP contribution is 2.29. The molecule has 106 valence electrons. The Kier molecular flexibility index (Phi) is 5.01. The van der Waals surface area contributed by atoms with Crippen molar-refractivity contribution >= 4 is 17.6 Å². The highest BCUT2D eigenvalue weighted by Gasteiger charge is 2.12. The Morgan fingerprint density at radius 3 is 2.35 bits per heavy atom. The minimum absolute atomic E-state index is 0.526. The fraction of sp³-hybridized carbons (Fsp3) is 0.375. The van der Waals surface area contributed by atoms with Crippen molar-refractivity contribution < 1.29 is 0 Å². The van der Waals surface area contributed by atoms with E-state index in [-0.39, 0.29) is 0 Å². The average molecular weight is 287 g/mol. The van der Waals surface area contributed by atoms with E-state index in [1.165, 1.54) is 0 Å². The van der Waals surface area contributed by atoms with Crippen molar-refractivity contribution in [2.24, 2.45) is 5.92 Å². The Labute approximate surface area is 125 Å². The van der Waals surface area contributed by atoms with Crippen LogP contribution >= 0.6 is 11.8 Å². The number of thioether (sulfide) groups is 1. The second-order valence-corrected chi connectivity index (χ2v) is 6.50. The first-order valence-electron chi connectivity index (χ1n) is 6.89. The summed E-state index contributed by atoms with van der Waals surface area (Å²) in [5, 5.41) is 4.66. The van der Waals surface area contributed by atoms with Gasteiger partial charge in [0, 0.05) is 23.9 Å². The van der Waals surface area contributed by atoms with Gasteiger partial charge in [-0.3, -0.25) is 0 Å². The number of aromatic nitrogens is 2. The third-order valence-corrected chi connectivity index (χ3v) is 4.60. The molecule has 1 aromatic heterocycles. The highest BCUT2D eigenvalue weighted by atomic mass is 32.2. The summed E-state index contributed by atoms with van der Waals surface area (Å²) in [4.78, 5) is 9.22. The largest absolute Gasteiger partial charge is 0.373 e. The molecule has 1 N–H and O–H groups in total. The summed E-state index contributed by atoms with van der Waals surface area (Å²) in [7, 11) is 1.89. The number of hydrogen-bond acceptors (Lipinski definition) is 4. The van der Waals surface area contributed by atoms with Gasteiger partial charge >= 0.3 is 0 Å². The zero-order valence-corrected chi connectivity index (χ0v) is 13.2. The summed E-state index contributed by atoms with van der Waals surface area (Å²) in [6.07, 6.45) is 0. The Bertz CT molecular complexity index is 555. The van der Waals surface area contributed by atoms with Crippen LogP contribution in [0.4, 0.5) is 5.82 Å². The molecule has 0 aliphatic heterocycles. The van der Waals surface area contributed by atoms with Crippen LogP contribution in [0.3, 0.4) is 0 Å². The summed E-state index contributed by atoms with van der Waals surface area (Å²) >= 11 is 1.80. The van der Waals surface area contributed by atoms with Crippen LogP contribution in [0.25, 0.3) is 11.4 Å². The Morgan fingerprint density at radius 1 is 1.05 bits per heavy atom. The standard InChI is InChI=1S/C16H21N3S/c1-11(2)12(3)20-15-10-14(17-4)18-16(19-15)13-8-6-5-7-9-13/h5-12H,1-4H3,(H,17,18,19). The van der Waals surface area contributed by atoms with E-state index in [0.717, 1.165) is 22.2 Å². The van der Waals surface area contributed by atoms with Crippen LogP contribution in [0.5, 0.6) is 0 Å². The van der Waals surface area contributed by atoms with E-state index >= 15 is 0 Å². The molecule has 0 bridgehead atoms. The Morgan fingerprint density at radius 2 is 1.75 bits per heavy atom. The first-order chi connectivity index (χ1) is 9.60. The van der Waals surface area contributed by atoms with Crippen molar-refractivity contribution in [3.8, 4) is 11.4 Å². The van der Waals surface area contributed by atoms with Gasteiger partial charge in [0.05, 0.1) is 0 Å². The fourth-order valence-corrected chi connectivity index (χ4v) is 2.63. The predicted octanol–water partition coefficient (Wildman–Crippen LogP) is 4.32. The molecule has 0 aliphatic carbocycles. The van der Waals surface area contributed by atoms with Gasteiger partial charge in [0.25, 0.3) is 0 Å². The van der Waals surface area contributed by atoms with Crippen LogP contribution in [0.2, 0.25) is 0 Å². The molecule has 1 aromatic carbocycles. The Hall–Kier alpha value is -1.55. The summed E-state index contributed by atoms with van der Waals surface area (Å²) < 4.78 is 0. The quantitative estimate of drug-likeness (QED) is 0.656. The lowest BCUT2D eigenvalue weighted by atomic mass is 10.2. The molecule has 20 heavy (non-hydrogen) atoms. The average Bonchev–Trinajstić information content (AvgIpc) is 2.47. The molecule has 3 nitrogen and oxygen atoms in total. The first-order valence-corrected chi connectivity index (χ1v) is 7.77. The van der Waals surface area contributed by atoms with Crippen LogP contribution < -0.4 is 5.32 Å². The minimum Gasteiger partial charge on any atom is -0.373 e. The van der Waals surface area contributed by atoms with E-state index in [1.807, 2.05) is 43.4 Å². The first kappa shape index (κ1) is 14.9. The third kappa shape index (κ3) is 3.73. The second-order valence-electron chi connectivity index (χ2n) is 5.10. The Balaban J connectivity index is 2.34. The third-order valence-electron chi connectivity index (χ3n) is 3.24. The minimum atomic E-state index is 0.526. The maximum atomic E-state index is 4.69. The SMILES string of the molecule is CNc1cc(SC(C)C(C)C)nc(-c2ccccc2)n1. The fourth-order valence-electron chi connectivity index (χ4n) is 1.66. The van der Waals surface area contributed by atoms with Crippen LogP contribution in [0.1, 0.15) is 20.8 Å². The van der Waals surface area contributed by atoms with Gasteiger partial charge in [0.15, 0.2) is 5.82 Å². The lowest BCUT2D eigenvalue weighted by molar-refractivity contribution is 0.641. The van der Waals surface area contributed by atoms with Crippen molar-refractivity contribution in [3.63, 3.8) is 0 Å². The summed E-state index contributed by atoms with van der Waals surface area (Å²) in [5.74, 6) is 2.25. The van der Waals surface area contributed by atoms with E-state index < -0.39 is 0 Å². The van der Waals surface area contributed by atoms with E-state index in [0.29, 0.717) is 11.2 Å². The molecule has 0 radical (unpaired) electrons. The van der Waals surface area contributed by atoms with E-state index in [4.69, 9.17) is 0 Å². The number of nitrogens with one attached hydrogen (secondary N) is 1. The van der Waals surface area contributed by atoms with Gasteiger partial charge in [0.2, 0.25) is 0 Å². The molecular weight excluding hydrogens is 266 g/mol. The maximum Gasteiger partial charge on any atom is 0.162 e. The summed E-state index contributed by atoms with van der Waals surface area (Å²) in [6, 6.07) is 12.1. The van der Waals surface area contributed by atoms with Crippen LogP contribution in [-0.4, -0.2) is 22.3 Å². The summed E-state index contributed by atoms with van der Waals surface area (Å²) in [5.41, 5.74) is 1.05. The van der Waals surface area contributed by atoms with Crippen molar-refractivity contribution in [3.05, 3.63) is 36.4 Å². The number of benzene rings is 1. The van der Waals surface area contributed by atoms with Crippen molar-refractivity contribution in [1.82, 2.24) is 9.97 Å². The molecule has 0 aliphatic rings. The van der Waals surface area contributed by atoms with Gasteiger partial charge in [-0.05, 0) is 5.92 Å². The lowest BCUT2D eigenvalue weighted by Crippen LogP contribution is -2.07. The lowest BCUT2D eigenvalue weighted by Gasteiger charge is -2.15.